The molecule has 11 aromatic rings. The van der Waals surface area contributed by atoms with E-state index < -0.39 is 0 Å². The molecule has 0 unspecified atom stereocenters. The van der Waals surface area contributed by atoms with Crippen LogP contribution in [-0.2, 0) is 32.9 Å². The summed E-state index contributed by atoms with van der Waals surface area (Å²) in [7, 11) is 0. The number of rotatable bonds is 9. The zero-order valence-corrected chi connectivity index (χ0v) is 42.0. The Hall–Kier alpha value is -7.33. The number of aromatic nitrogens is 4. The summed E-state index contributed by atoms with van der Waals surface area (Å²) in [6.45, 7) is 13.7. The molecule has 0 radical (unpaired) electrons. The van der Waals surface area contributed by atoms with Gasteiger partial charge in [0.05, 0.1) is 16.7 Å². The standard InChI is InChI=1S/C63H52N4O.Pt/c1-62(2,3)40-46-36-60(64-41-55(46)45-24-14-9-15-25-45)67-56-35-32-47(63(4,5)6)37-54(56)53-34-33-50(39-59(53)67)68-49-27-18-26-48(38-49)65-42-66(58-31-17-16-30-57(58)65)61-51(43-20-10-7-11-21-43)28-19-29-52(61)44-22-12-8-13-23-44;/h7-37,41H,40H2,1-6H3;/q-2;. The van der Waals surface area contributed by atoms with E-state index in [9.17, 15) is 0 Å². The number of ether oxygens (including phenoxy) is 1. The van der Waals surface area contributed by atoms with Crippen molar-refractivity contribution in [2.24, 2.45) is 5.41 Å². The molecule has 0 N–H and O–H groups in total. The maximum atomic E-state index is 6.76. The smallest absolute Gasteiger partial charge is 0.268 e. The second kappa shape index (κ2) is 18.3. The van der Waals surface area contributed by atoms with Crippen molar-refractivity contribution in [3.63, 3.8) is 0 Å². The van der Waals surface area contributed by atoms with E-state index in [-0.39, 0.29) is 31.9 Å². The molecule has 0 fully saturated rings. The van der Waals surface area contributed by atoms with E-state index in [1.807, 2.05) is 24.4 Å². The molecule has 0 aliphatic rings. The molecule has 0 bridgehead atoms. The second-order valence-electron chi connectivity index (χ2n) is 19.9. The van der Waals surface area contributed by atoms with Gasteiger partial charge < -0.3 is 13.9 Å². The number of hydrogen-bond acceptors (Lipinski definition) is 2. The van der Waals surface area contributed by atoms with Gasteiger partial charge in [0, 0.05) is 49.8 Å². The van der Waals surface area contributed by atoms with Crippen molar-refractivity contribution in [3.05, 3.63) is 224 Å². The van der Waals surface area contributed by atoms with Crippen molar-refractivity contribution in [2.45, 2.75) is 53.4 Å². The summed E-state index contributed by atoms with van der Waals surface area (Å²) in [5.74, 6) is 2.01. The van der Waals surface area contributed by atoms with Crippen LogP contribution < -0.4 is 9.30 Å². The predicted octanol–water partition coefficient (Wildman–Crippen LogP) is 15.5. The molecular weight excluding hydrogens is 1020 g/mol. The Bertz CT molecular complexity index is 3580. The second-order valence-corrected chi connectivity index (χ2v) is 19.9. The third-order valence-corrected chi connectivity index (χ3v) is 12.7. The summed E-state index contributed by atoms with van der Waals surface area (Å²) >= 11 is 0. The predicted molar refractivity (Wildman–Crippen MR) is 278 cm³/mol. The molecule has 3 heterocycles. The van der Waals surface area contributed by atoms with E-state index in [1.165, 1.54) is 11.1 Å². The minimum absolute atomic E-state index is 0. The van der Waals surface area contributed by atoms with E-state index in [0.29, 0.717) is 11.5 Å². The molecule has 0 spiro atoms. The SMILES string of the molecule is CC(C)(C)Cc1cc(-n2c3[c-]c(Oc4[c-]c(-n5[c-][n+](-c6c(-c7ccccc7)cccc6-c6ccccc6)c6ccccc65)ccc4)ccc3c3cc(C(C)(C)C)ccc32)ncc1-c1ccccc1.[Pt]. The van der Waals surface area contributed by atoms with Gasteiger partial charge in [0.25, 0.3) is 6.33 Å². The Morgan fingerprint density at radius 2 is 1.16 bits per heavy atom. The van der Waals surface area contributed by atoms with Crippen LogP contribution in [0.15, 0.2) is 194 Å². The van der Waals surface area contributed by atoms with Crippen molar-refractivity contribution in [3.8, 4) is 62.1 Å². The van der Waals surface area contributed by atoms with Crippen molar-refractivity contribution >= 4 is 32.8 Å². The van der Waals surface area contributed by atoms with Gasteiger partial charge in [0.15, 0.2) is 0 Å². The van der Waals surface area contributed by atoms with Crippen LogP contribution in [0.2, 0.25) is 0 Å². The molecular formula is C63H52N4OPt-2. The molecule has 0 saturated heterocycles. The number of nitrogens with zero attached hydrogens (tertiary/aromatic N) is 4. The average molecular weight is 1080 g/mol. The van der Waals surface area contributed by atoms with Gasteiger partial charge in [-0.05, 0) is 79.4 Å². The first kappa shape index (κ1) is 45.5. The maximum absolute atomic E-state index is 6.76. The summed E-state index contributed by atoms with van der Waals surface area (Å²) in [5.41, 5.74) is 15.2. The molecule has 0 saturated carbocycles. The molecule has 0 aliphatic heterocycles. The van der Waals surface area contributed by atoms with Crippen LogP contribution in [0, 0.1) is 23.9 Å². The Labute approximate surface area is 419 Å². The number of imidazole rings is 1. The van der Waals surface area contributed by atoms with Gasteiger partial charge in [-0.1, -0.05) is 193 Å². The fourth-order valence-electron chi connectivity index (χ4n) is 9.53. The number of para-hydroxylation sites is 3. The minimum Gasteiger partial charge on any atom is -0.510 e. The topological polar surface area (TPSA) is 35.9 Å². The van der Waals surface area contributed by atoms with Gasteiger partial charge >= 0.3 is 0 Å². The molecule has 5 nitrogen and oxygen atoms in total. The van der Waals surface area contributed by atoms with E-state index >= 15 is 0 Å². The zero-order valence-electron chi connectivity index (χ0n) is 39.7. The first-order valence-corrected chi connectivity index (χ1v) is 23.4. The number of hydrogen-bond donors (Lipinski definition) is 0. The summed E-state index contributed by atoms with van der Waals surface area (Å²) in [5, 5.41) is 2.24. The van der Waals surface area contributed by atoms with Gasteiger partial charge in [0.2, 0.25) is 0 Å². The third kappa shape index (κ3) is 8.84. The molecule has 0 amide bonds. The summed E-state index contributed by atoms with van der Waals surface area (Å²) in [6.07, 6.45) is 6.71. The first-order valence-electron chi connectivity index (χ1n) is 23.4. The molecule has 6 heteroatoms. The van der Waals surface area contributed by atoms with E-state index in [4.69, 9.17) is 9.72 Å². The van der Waals surface area contributed by atoms with Crippen molar-refractivity contribution in [2.75, 3.05) is 0 Å². The maximum Gasteiger partial charge on any atom is 0.268 e. The number of fused-ring (bicyclic) bond motifs is 4. The Balaban J connectivity index is 0.00000553. The summed E-state index contributed by atoms with van der Waals surface area (Å²) in [4.78, 5) is 5.20. The van der Waals surface area contributed by atoms with Crippen molar-refractivity contribution in [1.29, 1.82) is 0 Å². The molecule has 3 aromatic heterocycles. The molecule has 69 heavy (non-hydrogen) atoms. The van der Waals surface area contributed by atoms with Crippen LogP contribution in [0.1, 0.15) is 52.7 Å². The van der Waals surface area contributed by atoms with Crippen LogP contribution in [0.25, 0.3) is 83.4 Å². The first-order chi connectivity index (χ1) is 33.0. The Kier molecular flexibility index (Phi) is 12.0. The van der Waals surface area contributed by atoms with Crippen LogP contribution in [0.4, 0.5) is 0 Å². The molecule has 0 atom stereocenters. The molecule has 0 aliphatic carbocycles. The molecule has 342 valence electrons. The largest absolute Gasteiger partial charge is 0.510 e. The van der Waals surface area contributed by atoms with Gasteiger partial charge in [0.1, 0.15) is 5.82 Å². The van der Waals surface area contributed by atoms with Gasteiger partial charge in [-0.3, -0.25) is 4.57 Å². The summed E-state index contributed by atoms with van der Waals surface area (Å²) in [6, 6.07) is 73.4. The van der Waals surface area contributed by atoms with E-state index in [2.05, 4.69) is 244 Å². The monoisotopic (exact) mass is 1080 g/mol. The van der Waals surface area contributed by atoms with Crippen LogP contribution in [-0.4, -0.2) is 14.1 Å². The number of pyridine rings is 1. The zero-order chi connectivity index (χ0) is 46.6. The number of benzene rings is 8. The van der Waals surface area contributed by atoms with Gasteiger partial charge in [-0.25, -0.2) is 4.98 Å². The fourth-order valence-corrected chi connectivity index (χ4v) is 9.53. The molecule has 11 rings (SSSR count). The van der Waals surface area contributed by atoms with E-state index in [0.717, 1.165) is 89.8 Å². The fraction of sp³-hybridized carbons (Fsp3) is 0.143. The average Bonchev–Trinajstić information content (AvgIpc) is 3.89. The van der Waals surface area contributed by atoms with Crippen LogP contribution in [0.5, 0.6) is 11.5 Å². The van der Waals surface area contributed by atoms with Crippen molar-refractivity contribution < 1.29 is 30.4 Å². The quantitative estimate of drug-likeness (QED) is 0.107. The third-order valence-electron chi connectivity index (χ3n) is 12.7. The summed E-state index contributed by atoms with van der Waals surface area (Å²) < 4.78 is 13.3. The molecule has 8 aromatic carbocycles. The minimum atomic E-state index is -0.0249. The van der Waals surface area contributed by atoms with E-state index in [1.54, 1.807) is 0 Å². The van der Waals surface area contributed by atoms with Crippen LogP contribution in [0.3, 0.4) is 0 Å². The van der Waals surface area contributed by atoms with Crippen LogP contribution >= 0.6 is 0 Å². The van der Waals surface area contributed by atoms with Gasteiger partial charge in [-0.2, -0.15) is 18.2 Å². The Morgan fingerprint density at radius 1 is 0.551 bits per heavy atom. The Morgan fingerprint density at radius 3 is 1.81 bits per heavy atom. The van der Waals surface area contributed by atoms with Crippen molar-refractivity contribution in [1.82, 2.24) is 14.1 Å². The normalized spacial score (nSPS) is 11.9. The van der Waals surface area contributed by atoms with Gasteiger partial charge in [-0.15, -0.1) is 29.7 Å².